The normalized spacial score (nSPS) is 10.8. The van der Waals surface area contributed by atoms with Crippen molar-refractivity contribution < 1.29 is 14.3 Å². The summed E-state index contributed by atoms with van der Waals surface area (Å²) in [6.07, 6.45) is 7.64. The molecular weight excluding hydrogens is 368 g/mol. The van der Waals surface area contributed by atoms with E-state index in [1.165, 1.54) is 6.08 Å². The second-order valence-electron chi connectivity index (χ2n) is 6.33. The predicted octanol–water partition coefficient (Wildman–Crippen LogP) is 2.11. The van der Waals surface area contributed by atoms with E-state index in [0.29, 0.717) is 18.7 Å². The summed E-state index contributed by atoms with van der Waals surface area (Å²) in [6, 6.07) is 16.9. The van der Waals surface area contributed by atoms with Gasteiger partial charge in [0, 0.05) is 18.8 Å². The molecule has 3 aromatic rings. The lowest BCUT2D eigenvalue weighted by atomic mass is 10.2. The molecule has 0 unspecified atom stereocenters. The molecule has 0 saturated heterocycles. The Balaban J connectivity index is 1.43. The average Bonchev–Trinajstić information content (AvgIpc) is 3.21. The van der Waals surface area contributed by atoms with Gasteiger partial charge >= 0.3 is 0 Å². The molecule has 0 aliphatic rings. The molecule has 2 aromatic carbocycles. The van der Waals surface area contributed by atoms with Gasteiger partial charge in [-0.25, -0.2) is 4.68 Å². The van der Waals surface area contributed by atoms with E-state index >= 15 is 0 Å². The largest absolute Gasteiger partial charge is 0.484 e. The number of nitrogens with two attached hydrogens (primary N) is 1. The Morgan fingerprint density at radius 3 is 2.59 bits per heavy atom. The molecule has 3 N–H and O–H groups in total. The highest BCUT2D eigenvalue weighted by molar-refractivity contribution is 5.91. The first-order valence-electron chi connectivity index (χ1n) is 9.16. The Bertz CT molecular complexity index is 979. The number of carbonyl (C=O) groups excluding carboxylic acids is 2. The molecule has 0 fully saturated rings. The number of hydrogen-bond acceptors (Lipinski definition) is 4. The van der Waals surface area contributed by atoms with Crippen LogP contribution in [0.25, 0.3) is 11.8 Å². The summed E-state index contributed by atoms with van der Waals surface area (Å²) in [5.41, 5.74) is 7.92. The SMILES string of the molecule is NC(=O)COc1ccc(/C=C/C(=O)NCCc2cnn(-c3ccccc3)c2)cc1. The van der Waals surface area contributed by atoms with Crippen molar-refractivity contribution in [2.24, 2.45) is 5.73 Å². The zero-order chi connectivity index (χ0) is 20.5. The molecule has 3 rings (SSSR count). The van der Waals surface area contributed by atoms with Gasteiger partial charge < -0.3 is 15.8 Å². The van der Waals surface area contributed by atoms with Crippen LogP contribution in [0.15, 0.2) is 73.1 Å². The Morgan fingerprint density at radius 2 is 1.86 bits per heavy atom. The number of rotatable bonds is 9. The van der Waals surface area contributed by atoms with Gasteiger partial charge in [-0.2, -0.15) is 5.10 Å². The van der Waals surface area contributed by atoms with Gasteiger partial charge in [0.2, 0.25) is 5.91 Å². The van der Waals surface area contributed by atoms with Crippen LogP contribution >= 0.6 is 0 Å². The predicted molar refractivity (Wildman–Crippen MR) is 110 cm³/mol. The van der Waals surface area contributed by atoms with Crippen molar-refractivity contribution in [3.8, 4) is 11.4 Å². The van der Waals surface area contributed by atoms with Crippen LogP contribution in [-0.2, 0) is 16.0 Å². The minimum absolute atomic E-state index is 0.165. The van der Waals surface area contributed by atoms with Gasteiger partial charge in [-0.15, -0.1) is 0 Å². The fraction of sp³-hybridized carbons (Fsp3) is 0.136. The van der Waals surface area contributed by atoms with Gasteiger partial charge in [-0.05, 0) is 47.9 Å². The van der Waals surface area contributed by atoms with Gasteiger partial charge in [0.25, 0.3) is 5.91 Å². The van der Waals surface area contributed by atoms with E-state index in [0.717, 1.165) is 16.8 Å². The zero-order valence-corrected chi connectivity index (χ0v) is 15.8. The van der Waals surface area contributed by atoms with Crippen LogP contribution in [0.5, 0.6) is 5.75 Å². The van der Waals surface area contributed by atoms with E-state index in [-0.39, 0.29) is 12.5 Å². The molecule has 7 heteroatoms. The number of nitrogens with one attached hydrogen (secondary N) is 1. The third-order valence-corrected chi connectivity index (χ3v) is 4.06. The summed E-state index contributed by atoms with van der Waals surface area (Å²) >= 11 is 0. The summed E-state index contributed by atoms with van der Waals surface area (Å²) in [5, 5.41) is 7.20. The second-order valence-corrected chi connectivity index (χ2v) is 6.33. The lowest BCUT2D eigenvalue weighted by molar-refractivity contribution is -0.120. The molecule has 0 radical (unpaired) electrons. The molecule has 148 valence electrons. The van der Waals surface area contributed by atoms with Gasteiger partial charge in [-0.3, -0.25) is 9.59 Å². The van der Waals surface area contributed by atoms with Gasteiger partial charge in [0.1, 0.15) is 5.75 Å². The number of primary amides is 1. The Hall–Kier alpha value is -3.87. The third-order valence-electron chi connectivity index (χ3n) is 4.06. The molecule has 7 nitrogen and oxygen atoms in total. The van der Waals surface area contributed by atoms with E-state index < -0.39 is 5.91 Å². The van der Waals surface area contributed by atoms with E-state index in [9.17, 15) is 9.59 Å². The lowest BCUT2D eigenvalue weighted by Crippen LogP contribution is -2.23. The topological polar surface area (TPSA) is 99.2 Å². The summed E-state index contributed by atoms with van der Waals surface area (Å²) in [7, 11) is 0. The number of hydrogen-bond donors (Lipinski definition) is 2. The monoisotopic (exact) mass is 390 g/mol. The number of nitrogens with zero attached hydrogens (tertiary/aromatic N) is 2. The maximum Gasteiger partial charge on any atom is 0.255 e. The van der Waals surface area contributed by atoms with E-state index in [4.69, 9.17) is 10.5 Å². The molecule has 1 heterocycles. The van der Waals surface area contributed by atoms with Crippen LogP contribution in [-0.4, -0.2) is 34.7 Å². The zero-order valence-electron chi connectivity index (χ0n) is 15.8. The van der Waals surface area contributed by atoms with Crippen LogP contribution < -0.4 is 15.8 Å². The molecular formula is C22H22N4O3. The fourth-order valence-corrected chi connectivity index (χ4v) is 2.60. The van der Waals surface area contributed by atoms with Crippen molar-refractivity contribution >= 4 is 17.9 Å². The summed E-state index contributed by atoms with van der Waals surface area (Å²) in [6.45, 7) is 0.353. The summed E-state index contributed by atoms with van der Waals surface area (Å²) < 4.78 is 7.00. The maximum atomic E-state index is 12.0. The number of amides is 2. The first-order chi connectivity index (χ1) is 14.1. The van der Waals surface area contributed by atoms with Crippen LogP contribution in [0.1, 0.15) is 11.1 Å². The number of aromatic nitrogens is 2. The van der Waals surface area contributed by atoms with Crippen LogP contribution in [0.4, 0.5) is 0 Å². The van der Waals surface area contributed by atoms with Crippen molar-refractivity contribution in [3.05, 3.63) is 84.2 Å². The van der Waals surface area contributed by atoms with Crippen molar-refractivity contribution in [2.45, 2.75) is 6.42 Å². The molecule has 2 amide bonds. The average molecular weight is 390 g/mol. The standard InChI is InChI=1S/C22H22N4O3/c23-21(27)16-29-20-9-6-17(7-10-20)8-11-22(28)24-13-12-18-14-25-26(15-18)19-4-2-1-3-5-19/h1-11,14-15H,12-13,16H2,(H2,23,27)(H,24,28)/b11-8+. The second kappa shape index (κ2) is 9.89. The van der Waals surface area contributed by atoms with Crippen LogP contribution in [0, 0.1) is 0 Å². The smallest absolute Gasteiger partial charge is 0.255 e. The number of para-hydroxylation sites is 1. The van der Waals surface area contributed by atoms with Crippen molar-refractivity contribution in [2.75, 3.05) is 13.2 Å². The number of benzene rings is 2. The van der Waals surface area contributed by atoms with Gasteiger partial charge in [0.15, 0.2) is 6.61 Å². The van der Waals surface area contributed by atoms with E-state index in [1.54, 1.807) is 36.5 Å². The fourth-order valence-electron chi connectivity index (χ4n) is 2.60. The first-order valence-corrected chi connectivity index (χ1v) is 9.16. The molecule has 1 aromatic heterocycles. The quantitative estimate of drug-likeness (QED) is 0.547. The first kappa shape index (κ1) is 19.9. The summed E-state index contributed by atoms with van der Waals surface area (Å²) in [5.74, 6) is -0.158. The molecule has 0 bridgehead atoms. The molecule has 0 atom stereocenters. The molecule has 0 aliphatic carbocycles. The lowest BCUT2D eigenvalue weighted by Gasteiger charge is -2.03. The molecule has 0 saturated carbocycles. The third kappa shape index (κ3) is 6.35. The highest BCUT2D eigenvalue weighted by Crippen LogP contribution is 2.13. The minimum atomic E-state index is -0.530. The van der Waals surface area contributed by atoms with Crippen molar-refractivity contribution in [1.29, 1.82) is 0 Å². The maximum absolute atomic E-state index is 12.0. The molecule has 0 aliphatic heterocycles. The van der Waals surface area contributed by atoms with E-state index in [2.05, 4.69) is 10.4 Å². The van der Waals surface area contributed by atoms with E-state index in [1.807, 2.05) is 41.2 Å². The van der Waals surface area contributed by atoms with Crippen molar-refractivity contribution in [3.63, 3.8) is 0 Å². The number of carbonyl (C=O) groups is 2. The van der Waals surface area contributed by atoms with Crippen molar-refractivity contribution in [1.82, 2.24) is 15.1 Å². The summed E-state index contributed by atoms with van der Waals surface area (Å²) in [4.78, 5) is 22.7. The number of ether oxygens (including phenoxy) is 1. The Labute approximate surface area is 168 Å². The van der Waals surface area contributed by atoms with Gasteiger partial charge in [-0.1, -0.05) is 30.3 Å². The van der Waals surface area contributed by atoms with Crippen LogP contribution in [0.2, 0.25) is 0 Å². The Kier molecular flexibility index (Phi) is 6.78. The van der Waals surface area contributed by atoms with Gasteiger partial charge in [0.05, 0.1) is 11.9 Å². The van der Waals surface area contributed by atoms with Crippen LogP contribution in [0.3, 0.4) is 0 Å². The molecule has 0 spiro atoms. The highest BCUT2D eigenvalue weighted by atomic mass is 16.5. The highest BCUT2D eigenvalue weighted by Gasteiger charge is 2.02. The Morgan fingerprint density at radius 1 is 1.10 bits per heavy atom. The minimum Gasteiger partial charge on any atom is -0.484 e. The molecule has 29 heavy (non-hydrogen) atoms.